The molecule has 0 unspecified atom stereocenters. The number of rotatable bonds is 3. The minimum Gasteiger partial charge on any atom is -0.481 e. The maximum Gasteiger partial charge on any atom is 0.307 e. The molecular weight excluding hydrogens is 296 g/mol. The van der Waals surface area contributed by atoms with Crippen LogP contribution in [0.15, 0.2) is 18.5 Å². The van der Waals surface area contributed by atoms with Gasteiger partial charge in [0.2, 0.25) is 11.9 Å². The third kappa shape index (κ3) is 2.87. The van der Waals surface area contributed by atoms with E-state index in [2.05, 4.69) is 14.9 Å². The van der Waals surface area contributed by atoms with Crippen molar-refractivity contribution in [3.05, 3.63) is 18.5 Å². The van der Waals surface area contributed by atoms with Crippen LogP contribution in [-0.2, 0) is 9.59 Å². The van der Waals surface area contributed by atoms with Crippen LogP contribution in [0.3, 0.4) is 0 Å². The molecule has 0 bridgehead atoms. The van der Waals surface area contributed by atoms with Crippen molar-refractivity contribution in [3.63, 3.8) is 0 Å². The van der Waals surface area contributed by atoms with Gasteiger partial charge in [-0.05, 0) is 17.9 Å². The average molecular weight is 318 g/mol. The number of aromatic nitrogens is 2. The van der Waals surface area contributed by atoms with Gasteiger partial charge in [0.25, 0.3) is 0 Å². The molecule has 7 nitrogen and oxygen atoms in total. The Bertz CT molecular complexity index is 605. The lowest BCUT2D eigenvalue weighted by Crippen LogP contribution is -2.37. The minimum absolute atomic E-state index is 0.0294. The topological polar surface area (TPSA) is 86.6 Å². The standard InChI is InChI=1S/C16H22N4O3/c1-16(2)11(12(16)14(22)23)13(21)19-7-4-8-20(10-9-19)15-17-5-3-6-18-15/h3,5-6,11-12H,4,7-10H2,1-2H3,(H,22,23)/t11-,12+/m0/s1. The lowest BCUT2D eigenvalue weighted by molar-refractivity contribution is -0.142. The largest absolute Gasteiger partial charge is 0.481 e. The molecule has 2 fully saturated rings. The van der Waals surface area contributed by atoms with Crippen LogP contribution < -0.4 is 4.90 Å². The van der Waals surface area contributed by atoms with E-state index in [0.29, 0.717) is 25.6 Å². The summed E-state index contributed by atoms with van der Waals surface area (Å²) in [4.78, 5) is 36.4. The summed E-state index contributed by atoms with van der Waals surface area (Å²) in [5, 5.41) is 9.26. The van der Waals surface area contributed by atoms with E-state index in [1.807, 2.05) is 13.8 Å². The SMILES string of the molecule is CC1(C)[C@H](C(=O)N2CCCN(c3ncccn3)CC2)[C@@H]1C(=O)O. The summed E-state index contributed by atoms with van der Waals surface area (Å²) in [6.45, 7) is 6.41. The fourth-order valence-electron chi connectivity index (χ4n) is 3.55. The molecule has 124 valence electrons. The van der Waals surface area contributed by atoms with Crippen molar-refractivity contribution in [2.75, 3.05) is 31.1 Å². The molecule has 7 heteroatoms. The zero-order valence-electron chi connectivity index (χ0n) is 13.5. The number of carbonyl (C=O) groups excluding carboxylic acids is 1. The monoisotopic (exact) mass is 318 g/mol. The summed E-state index contributed by atoms with van der Waals surface area (Å²) in [5.74, 6) is -1.19. The smallest absolute Gasteiger partial charge is 0.307 e. The lowest BCUT2D eigenvalue weighted by atomic mass is 10.1. The van der Waals surface area contributed by atoms with Crippen molar-refractivity contribution in [1.82, 2.24) is 14.9 Å². The third-order valence-electron chi connectivity index (χ3n) is 5.00. The molecule has 0 aromatic carbocycles. The van der Waals surface area contributed by atoms with Crippen LogP contribution in [0.1, 0.15) is 20.3 Å². The highest BCUT2D eigenvalue weighted by atomic mass is 16.4. The van der Waals surface area contributed by atoms with E-state index < -0.39 is 23.2 Å². The van der Waals surface area contributed by atoms with Gasteiger partial charge in [0.05, 0.1) is 11.8 Å². The Morgan fingerprint density at radius 3 is 2.43 bits per heavy atom. The van der Waals surface area contributed by atoms with Gasteiger partial charge in [-0.2, -0.15) is 0 Å². The van der Waals surface area contributed by atoms with E-state index in [4.69, 9.17) is 0 Å². The maximum absolute atomic E-state index is 12.7. The summed E-state index contributed by atoms with van der Waals surface area (Å²) < 4.78 is 0. The minimum atomic E-state index is -0.873. The molecule has 2 heterocycles. The Balaban J connectivity index is 1.65. The number of hydrogen-bond acceptors (Lipinski definition) is 5. The van der Waals surface area contributed by atoms with Crippen LogP contribution in [-0.4, -0.2) is 58.0 Å². The second kappa shape index (κ2) is 5.79. The number of amides is 1. The van der Waals surface area contributed by atoms with E-state index in [-0.39, 0.29) is 5.91 Å². The van der Waals surface area contributed by atoms with Gasteiger partial charge in [-0.1, -0.05) is 13.8 Å². The molecule has 1 aliphatic carbocycles. The van der Waals surface area contributed by atoms with E-state index in [9.17, 15) is 14.7 Å². The first kappa shape index (κ1) is 15.7. The van der Waals surface area contributed by atoms with Crippen molar-refractivity contribution in [2.24, 2.45) is 17.3 Å². The number of carboxylic acids is 1. The maximum atomic E-state index is 12.7. The molecule has 23 heavy (non-hydrogen) atoms. The predicted octanol–water partition coefficient (Wildman–Crippen LogP) is 0.872. The molecule has 1 amide bonds. The van der Waals surface area contributed by atoms with Gasteiger partial charge in [-0.3, -0.25) is 9.59 Å². The number of carboxylic acid groups (broad SMARTS) is 1. The first-order valence-electron chi connectivity index (χ1n) is 7.96. The van der Waals surface area contributed by atoms with Gasteiger partial charge in [0.15, 0.2) is 0 Å². The highest BCUT2D eigenvalue weighted by Crippen LogP contribution is 2.59. The van der Waals surface area contributed by atoms with Gasteiger partial charge in [0.1, 0.15) is 0 Å². The Hall–Kier alpha value is -2.18. The normalized spacial score (nSPS) is 26.5. The van der Waals surface area contributed by atoms with Crippen LogP contribution >= 0.6 is 0 Å². The number of anilines is 1. The molecule has 1 saturated heterocycles. The molecule has 0 radical (unpaired) electrons. The van der Waals surface area contributed by atoms with Gasteiger partial charge in [-0.25, -0.2) is 9.97 Å². The molecule has 1 aromatic rings. The second-order valence-electron chi connectivity index (χ2n) is 6.83. The predicted molar refractivity (Wildman–Crippen MR) is 83.8 cm³/mol. The van der Waals surface area contributed by atoms with Crippen molar-refractivity contribution >= 4 is 17.8 Å². The number of hydrogen-bond donors (Lipinski definition) is 1. The fraction of sp³-hybridized carbons (Fsp3) is 0.625. The highest BCUT2D eigenvalue weighted by Gasteiger charge is 2.66. The molecule has 1 N–H and O–H groups in total. The van der Waals surface area contributed by atoms with Crippen LogP contribution in [0.5, 0.6) is 0 Å². The molecule has 1 saturated carbocycles. The fourth-order valence-corrected chi connectivity index (χ4v) is 3.55. The Labute approximate surface area is 135 Å². The Kier molecular flexibility index (Phi) is 3.95. The van der Waals surface area contributed by atoms with Gasteiger partial charge in [0, 0.05) is 38.6 Å². The van der Waals surface area contributed by atoms with E-state index in [0.717, 1.165) is 13.0 Å². The molecule has 1 aromatic heterocycles. The van der Waals surface area contributed by atoms with Crippen molar-refractivity contribution in [3.8, 4) is 0 Å². The van der Waals surface area contributed by atoms with Gasteiger partial charge in [-0.15, -0.1) is 0 Å². The highest BCUT2D eigenvalue weighted by molar-refractivity contribution is 5.91. The molecule has 0 spiro atoms. The molecule has 3 rings (SSSR count). The van der Waals surface area contributed by atoms with Crippen LogP contribution in [0.4, 0.5) is 5.95 Å². The van der Waals surface area contributed by atoms with Crippen molar-refractivity contribution < 1.29 is 14.7 Å². The summed E-state index contributed by atoms with van der Waals surface area (Å²) in [6.07, 6.45) is 4.25. The first-order valence-corrected chi connectivity index (χ1v) is 7.96. The number of aliphatic carboxylic acids is 1. The van der Waals surface area contributed by atoms with Crippen LogP contribution in [0.2, 0.25) is 0 Å². The lowest BCUT2D eigenvalue weighted by Gasteiger charge is -2.22. The molecule has 2 aliphatic rings. The van der Waals surface area contributed by atoms with E-state index >= 15 is 0 Å². The van der Waals surface area contributed by atoms with E-state index in [1.54, 1.807) is 23.4 Å². The Morgan fingerprint density at radius 1 is 1.13 bits per heavy atom. The number of nitrogens with zero attached hydrogens (tertiary/aromatic N) is 4. The Morgan fingerprint density at radius 2 is 1.83 bits per heavy atom. The average Bonchev–Trinajstić information content (AvgIpc) is 3.18. The summed E-state index contributed by atoms with van der Waals surface area (Å²) in [7, 11) is 0. The van der Waals surface area contributed by atoms with Crippen LogP contribution in [0, 0.1) is 17.3 Å². The van der Waals surface area contributed by atoms with Gasteiger partial charge < -0.3 is 14.9 Å². The molecular formula is C16H22N4O3. The second-order valence-corrected chi connectivity index (χ2v) is 6.83. The van der Waals surface area contributed by atoms with Crippen molar-refractivity contribution in [2.45, 2.75) is 20.3 Å². The third-order valence-corrected chi connectivity index (χ3v) is 5.00. The van der Waals surface area contributed by atoms with Crippen LogP contribution in [0.25, 0.3) is 0 Å². The van der Waals surface area contributed by atoms with Gasteiger partial charge >= 0.3 is 5.97 Å². The summed E-state index contributed by atoms with van der Waals surface area (Å²) in [6, 6.07) is 1.78. The zero-order valence-corrected chi connectivity index (χ0v) is 13.5. The van der Waals surface area contributed by atoms with E-state index in [1.165, 1.54) is 0 Å². The first-order chi connectivity index (χ1) is 10.9. The quantitative estimate of drug-likeness (QED) is 0.890. The summed E-state index contributed by atoms with van der Waals surface area (Å²) in [5.41, 5.74) is -0.447. The zero-order chi connectivity index (χ0) is 16.6. The number of carbonyl (C=O) groups is 2. The molecule has 1 aliphatic heterocycles. The van der Waals surface area contributed by atoms with Crippen molar-refractivity contribution in [1.29, 1.82) is 0 Å². The molecule has 2 atom stereocenters. The summed E-state index contributed by atoms with van der Waals surface area (Å²) >= 11 is 0.